The Balaban J connectivity index is 2.32. The number of nitrogens with one attached hydrogen (secondary N) is 1. The van der Waals surface area contributed by atoms with Gasteiger partial charge in [0.05, 0.1) is 5.69 Å². The summed E-state index contributed by atoms with van der Waals surface area (Å²) < 4.78 is 0.800. The number of aromatic hydroxyl groups is 1. The van der Waals surface area contributed by atoms with Crippen molar-refractivity contribution in [3.8, 4) is 5.75 Å². The molecule has 1 amide bonds. The Morgan fingerprint density at radius 2 is 2.11 bits per heavy atom. The second-order valence-corrected chi connectivity index (χ2v) is 5.12. The van der Waals surface area contributed by atoms with E-state index in [1.54, 1.807) is 6.07 Å². The molecule has 0 saturated carbocycles. The van der Waals surface area contributed by atoms with Gasteiger partial charge in [-0.1, -0.05) is 6.07 Å². The quantitative estimate of drug-likeness (QED) is 0.891. The predicted octanol–water partition coefficient (Wildman–Crippen LogP) is 3.42. The highest BCUT2D eigenvalue weighted by atomic mass is 79.9. The van der Waals surface area contributed by atoms with Crippen LogP contribution in [-0.4, -0.2) is 16.0 Å². The van der Waals surface area contributed by atoms with E-state index in [9.17, 15) is 9.90 Å². The fraction of sp³-hybridized carbons (Fsp3) is 0.143. The number of halogens is 1. The molecule has 5 heteroatoms. The van der Waals surface area contributed by atoms with E-state index >= 15 is 0 Å². The smallest absolute Gasteiger partial charge is 0.278 e. The molecule has 4 nitrogen and oxygen atoms in total. The Bertz CT molecular complexity index is 618. The lowest BCUT2D eigenvalue weighted by molar-refractivity contribution is 0.101. The number of anilines is 1. The molecule has 0 aliphatic heterocycles. The minimum absolute atomic E-state index is 0.00868. The lowest BCUT2D eigenvalue weighted by Gasteiger charge is -2.11. The lowest BCUT2D eigenvalue weighted by Crippen LogP contribution is -2.15. The van der Waals surface area contributed by atoms with Crippen LogP contribution in [0.1, 0.15) is 21.6 Å². The summed E-state index contributed by atoms with van der Waals surface area (Å²) >= 11 is 3.42. The number of aryl methyl sites for hydroxylation is 2. The van der Waals surface area contributed by atoms with Crippen molar-refractivity contribution in [2.75, 3.05) is 5.32 Å². The molecular formula is C14H13BrN2O2. The highest BCUT2D eigenvalue weighted by Gasteiger charge is 2.15. The van der Waals surface area contributed by atoms with Crippen LogP contribution >= 0.6 is 15.9 Å². The van der Waals surface area contributed by atoms with Crippen molar-refractivity contribution in [2.45, 2.75) is 13.8 Å². The van der Waals surface area contributed by atoms with Crippen LogP contribution in [0.25, 0.3) is 0 Å². The zero-order valence-electron chi connectivity index (χ0n) is 10.6. The normalized spacial score (nSPS) is 10.3. The molecule has 0 unspecified atom stereocenters. The average molecular weight is 321 g/mol. The van der Waals surface area contributed by atoms with Gasteiger partial charge in [0.1, 0.15) is 5.75 Å². The van der Waals surface area contributed by atoms with E-state index in [4.69, 9.17) is 0 Å². The molecule has 0 radical (unpaired) electrons. The fourth-order valence-corrected chi connectivity index (χ4v) is 2.59. The van der Waals surface area contributed by atoms with E-state index in [0.717, 1.165) is 15.6 Å². The summed E-state index contributed by atoms with van der Waals surface area (Å²) in [5.74, 6) is -0.577. The van der Waals surface area contributed by atoms with E-state index in [1.165, 1.54) is 12.3 Å². The van der Waals surface area contributed by atoms with Gasteiger partial charge in [-0.25, -0.2) is 4.98 Å². The predicted molar refractivity (Wildman–Crippen MR) is 77.5 cm³/mol. The van der Waals surface area contributed by atoms with Crippen molar-refractivity contribution in [2.24, 2.45) is 0 Å². The standard InChI is InChI=1S/C14H13BrN2O2/c1-8-6-9(2)12(10(15)7-8)17-14(19)13-11(18)4-3-5-16-13/h3-7,18H,1-2H3,(H,17,19). The number of aromatic nitrogens is 1. The van der Waals surface area contributed by atoms with Crippen LogP contribution < -0.4 is 5.32 Å². The molecule has 0 atom stereocenters. The lowest BCUT2D eigenvalue weighted by atomic mass is 10.1. The largest absolute Gasteiger partial charge is 0.505 e. The van der Waals surface area contributed by atoms with Crippen molar-refractivity contribution < 1.29 is 9.90 Å². The molecule has 1 heterocycles. The number of amides is 1. The van der Waals surface area contributed by atoms with Gasteiger partial charge in [-0.2, -0.15) is 0 Å². The Morgan fingerprint density at radius 1 is 1.37 bits per heavy atom. The third-order valence-electron chi connectivity index (χ3n) is 2.67. The zero-order chi connectivity index (χ0) is 14.0. The first-order valence-electron chi connectivity index (χ1n) is 5.71. The summed E-state index contributed by atoms with van der Waals surface area (Å²) in [7, 11) is 0. The Morgan fingerprint density at radius 3 is 2.74 bits per heavy atom. The zero-order valence-corrected chi connectivity index (χ0v) is 12.2. The van der Waals surface area contributed by atoms with Crippen LogP contribution in [0.3, 0.4) is 0 Å². The van der Waals surface area contributed by atoms with E-state index < -0.39 is 5.91 Å². The van der Waals surface area contributed by atoms with Gasteiger partial charge < -0.3 is 10.4 Å². The minimum atomic E-state index is -0.439. The summed E-state index contributed by atoms with van der Waals surface area (Å²) in [4.78, 5) is 15.9. The molecule has 1 aromatic heterocycles. The Kier molecular flexibility index (Phi) is 3.85. The number of hydrogen-bond donors (Lipinski definition) is 2. The molecule has 19 heavy (non-hydrogen) atoms. The van der Waals surface area contributed by atoms with Crippen LogP contribution in [0.15, 0.2) is 34.9 Å². The molecule has 2 N–H and O–H groups in total. The first kappa shape index (κ1) is 13.5. The summed E-state index contributed by atoms with van der Waals surface area (Å²) in [6, 6.07) is 6.89. The molecule has 0 aliphatic carbocycles. The van der Waals surface area contributed by atoms with Gasteiger partial charge in [0.25, 0.3) is 5.91 Å². The van der Waals surface area contributed by atoms with Gasteiger partial charge in [0.15, 0.2) is 5.69 Å². The van der Waals surface area contributed by atoms with Gasteiger partial charge in [0, 0.05) is 10.7 Å². The summed E-state index contributed by atoms with van der Waals surface area (Å²) in [5.41, 5.74) is 2.73. The molecule has 0 spiro atoms. The summed E-state index contributed by atoms with van der Waals surface area (Å²) in [5, 5.41) is 12.4. The van der Waals surface area contributed by atoms with E-state index in [0.29, 0.717) is 5.69 Å². The molecule has 98 valence electrons. The number of hydrogen-bond acceptors (Lipinski definition) is 3. The van der Waals surface area contributed by atoms with Crippen LogP contribution in [-0.2, 0) is 0 Å². The van der Waals surface area contributed by atoms with Crippen LogP contribution in [0, 0.1) is 13.8 Å². The maximum Gasteiger partial charge on any atom is 0.278 e. The number of benzene rings is 1. The van der Waals surface area contributed by atoms with Crippen LogP contribution in [0.4, 0.5) is 5.69 Å². The second-order valence-electron chi connectivity index (χ2n) is 4.26. The maximum atomic E-state index is 12.1. The van der Waals surface area contributed by atoms with Crippen LogP contribution in [0.2, 0.25) is 0 Å². The third kappa shape index (κ3) is 2.93. The number of carbonyl (C=O) groups is 1. The molecule has 0 saturated heterocycles. The second kappa shape index (κ2) is 5.40. The molecule has 0 bridgehead atoms. The summed E-state index contributed by atoms with van der Waals surface area (Å²) in [6.07, 6.45) is 1.46. The SMILES string of the molecule is Cc1cc(C)c(NC(=O)c2ncccc2O)c(Br)c1. The van der Waals surface area contributed by atoms with Gasteiger partial charge >= 0.3 is 0 Å². The number of pyridine rings is 1. The van der Waals surface area contributed by atoms with Crippen molar-refractivity contribution in [3.05, 3.63) is 51.8 Å². The Hall–Kier alpha value is -1.88. The van der Waals surface area contributed by atoms with Gasteiger partial charge in [-0.05, 0) is 59.1 Å². The van der Waals surface area contributed by atoms with E-state index in [-0.39, 0.29) is 11.4 Å². The van der Waals surface area contributed by atoms with Gasteiger partial charge in [-0.3, -0.25) is 4.79 Å². The molecule has 0 fully saturated rings. The number of rotatable bonds is 2. The molecule has 1 aromatic carbocycles. The molecule has 0 aliphatic rings. The monoisotopic (exact) mass is 320 g/mol. The first-order chi connectivity index (χ1) is 8.99. The highest BCUT2D eigenvalue weighted by Crippen LogP contribution is 2.28. The van der Waals surface area contributed by atoms with Gasteiger partial charge in [-0.15, -0.1) is 0 Å². The van der Waals surface area contributed by atoms with Crippen molar-refractivity contribution >= 4 is 27.5 Å². The average Bonchev–Trinajstić information content (AvgIpc) is 2.34. The molecule has 2 aromatic rings. The summed E-state index contributed by atoms with van der Waals surface area (Å²) in [6.45, 7) is 3.89. The van der Waals surface area contributed by atoms with Crippen molar-refractivity contribution in [1.82, 2.24) is 4.98 Å². The third-order valence-corrected chi connectivity index (χ3v) is 3.30. The van der Waals surface area contributed by atoms with Crippen molar-refractivity contribution in [3.63, 3.8) is 0 Å². The first-order valence-corrected chi connectivity index (χ1v) is 6.50. The number of carbonyl (C=O) groups excluding carboxylic acids is 1. The highest BCUT2D eigenvalue weighted by molar-refractivity contribution is 9.10. The maximum absolute atomic E-state index is 12.1. The van der Waals surface area contributed by atoms with E-state index in [1.807, 2.05) is 26.0 Å². The molecular weight excluding hydrogens is 308 g/mol. The number of nitrogens with zero attached hydrogens (tertiary/aromatic N) is 1. The van der Waals surface area contributed by atoms with Crippen LogP contribution in [0.5, 0.6) is 5.75 Å². The molecule has 2 rings (SSSR count). The topological polar surface area (TPSA) is 62.2 Å². The fourth-order valence-electron chi connectivity index (χ4n) is 1.82. The van der Waals surface area contributed by atoms with E-state index in [2.05, 4.69) is 26.2 Å². The van der Waals surface area contributed by atoms with Crippen molar-refractivity contribution in [1.29, 1.82) is 0 Å². The van der Waals surface area contributed by atoms with Gasteiger partial charge in [0.2, 0.25) is 0 Å². The Labute approximate surface area is 119 Å². The minimum Gasteiger partial charge on any atom is -0.505 e.